The van der Waals surface area contributed by atoms with Gasteiger partial charge in [-0.15, -0.1) is 0 Å². The number of ether oxygens (including phenoxy) is 1. The number of methoxy groups -OCH3 is 1. The number of aryl methyl sites for hydroxylation is 2. The minimum Gasteiger partial charge on any atom is -0.496 e. The van der Waals surface area contributed by atoms with Gasteiger partial charge in [-0.25, -0.2) is 4.99 Å². The zero-order valence-electron chi connectivity index (χ0n) is 14.4. The van der Waals surface area contributed by atoms with Crippen LogP contribution in [0.4, 0.5) is 5.69 Å². The molecule has 1 aliphatic carbocycles. The van der Waals surface area contributed by atoms with Crippen molar-refractivity contribution in [1.29, 1.82) is 0 Å². The molecule has 0 heterocycles. The normalized spacial score (nSPS) is 14.2. The van der Waals surface area contributed by atoms with Gasteiger partial charge in [-0.05, 0) is 67.0 Å². The van der Waals surface area contributed by atoms with Gasteiger partial charge < -0.3 is 15.8 Å². The van der Waals surface area contributed by atoms with Gasteiger partial charge in [0.2, 0.25) is 0 Å². The highest BCUT2D eigenvalue weighted by atomic mass is 16.5. The Bertz CT molecular complexity index is 753. The molecule has 0 atom stereocenters. The first-order chi connectivity index (χ1) is 11.7. The van der Waals surface area contributed by atoms with E-state index in [4.69, 9.17) is 10.5 Å². The monoisotopic (exact) mass is 323 g/mol. The summed E-state index contributed by atoms with van der Waals surface area (Å²) in [5.74, 6) is 1.35. The molecule has 24 heavy (non-hydrogen) atoms. The lowest BCUT2D eigenvalue weighted by Crippen LogP contribution is -2.24. The molecule has 0 radical (unpaired) electrons. The molecular weight excluding hydrogens is 298 g/mol. The number of anilines is 1. The first-order valence-electron chi connectivity index (χ1n) is 8.48. The summed E-state index contributed by atoms with van der Waals surface area (Å²) in [5, 5.41) is 3.28. The predicted molar refractivity (Wildman–Crippen MR) is 99.8 cm³/mol. The second-order valence-corrected chi connectivity index (χ2v) is 6.28. The molecule has 2 aromatic carbocycles. The van der Waals surface area contributed by atoms with Crippen LogP contribution in [0.1, 0.15) is 35.1 Å². The lowest BCUT2D eigenvalue weighted by Gasteiger charge is -2.19. The fraction of sp³-hybridized carbons (Fsp3) is 0.350. The standard InChI is InChI=1S/C20H25N3O/c1-14-12-15(10-11-19(14)24-2)13-22-20(21)23-18-9-5-7-16-6-3-4-8-17(16)18/h5,7,9-12H,3-4,6,8,13H2,1-2H3,(H3,21,22,23). The van der Waals surface area contributed by atoms with Gasteiger partial charge in [-0.2, -0.15) is 0 Å². The van der Waals surface area contributed by atoms with Crippen LogP contribution < -0.4 is 15.8 Å². The first kappa shape index (κ1) is 16.4. The smallest absolute Gasteiger partial charge is 0.193 e. The second kappa shape index (κ2) is 7.39. The van der Waals surface area contributed by atoms with Gasteiger partial charge in [0.15, 0.2) is 5.96 Å². The SMILES string of the molecule is COc1ccc(CN=C(N)Nc2cccc3c2CCCC3)cc1C. The van der Waals surface area contributed by atoms with Crippen LogP contribution in [-0.2, 0) is 19.4 Å². The summed E-state index contributed by atoms with van der Waals surface area (Å²) in [6, 6.07) is 12.5. The molecule has 3 rings (SSSR count). The summed E-state index contributed by atoms with van der Waals surface area (Å²) in [4.78, 5) is 4.48. The average molecular weight is 323 g/mol. The van der Waals surface area contributed by atoms with Crippen molar-refractivity contribution in [2.24, 2.45) is 10.7 Å². The van der Waals surface area contributed by atoms with E-state index in [1.165, 1.54) is 24.0 Å². The number of guanidine groups is 1. The lowest BCUT2D eigenvalue weighted by molar-refractivity contribution is 0.411. The van der Waals surface area contributed by atoms with Gasteiger partial charge >= 0.3 is 0 Å². The van der Waals surface area contributed by atoms with Crippen LogP contribution in [0, 0.1) is 6.92 Å². The van der Waals surface area contributed by atoms with Crippen molar-refractivity contribution in [3.05, 3.63) is 58.7 Å². The minimum absolute atomic E-state index is 0.461. The van der Waals surface area contributed by atoms with Crippen molar-refractivity contribution in [3.63, 3.8) is 0 Å². The fourth-order valence-electron chi connectivity index (χ4n) is 3.29. The molecule has 3 N–H and O–H groups in total. The lowest BCUT2D eigenvalue weighted by atomic mass is 9.90. The van der Waals surface area contributed by atoms with Crippen molar-refractivity contribution in [3.8, 4) is 5.75 Å². The highest BCUT2D eigenvalue weighted by Crippen LogP contribution is 2.27. The van der Waals surface area contributed by atoms with Crippen molar-refractivity contribution < 1.29 is 4.74 Å². The zero-order valence-corrected chi connectivity index (χ0v) is 14.4. The molecular formula is C20H25N3O. The van der Waals surface area contributed by atoms with Crippen LogP contribution in [0.2, 0.25) is 0 Å². The molecule has 0 saturated carbocycles. The Morgan fingerprint density at radius 2 is 2.04 bits per heavy atom. The highest BCUT2D eigenvalue weighted by molar-refractivity contribution is 5.93. The number of benzene rings is 2. The van der Waals surface area contributed by atoms with Crippen molar-refractivity contribution in [1.82, 2.24) is 0 Å². The topological polar surface area (TPSA) is 59.6 Å². The Morgan fingerprint density at radius 3 is 2.83 bits per heavy atom. The second-order valence-electron chi connectivity index (χ2n) is 6.28. The molecule has 0 aliphatic heterocycles. The minimum atomic E-state index is 0.461. The third kappa shape index (κ3) is 3.70. The van der Waals surface area contributed by atoms with Crippen molar-refractivity contribution in [2.45, 2.75) is 39.2 Å². The Kier molecular flexibility index (Phi) is 5.04. The van der Waals surface area contributed by atoms with E-state index in [9.17, 15) is 0 Å². The van der Waals surface area contributed by atoms with Crippen molar-refractivity contribution in [2.75, 3.05) is 12.4 Å². The summed E-state index contributed by atoms with van der Waals surface area (Å²) in [6.07, 6.45) is 4.79. The summed E-state index contributed by atoms with van der Waals surface area (Å²) in [6.45, 7) is 2.59. The molecule has 4 nitrogen and oxygen atoms in total. The maximum Gasteiger partial charge on any atom is 0.193 e. The number of nitrogens with zero attached hydrogens (tertiary/aromatic N) is 1. The Morgan fingerprint density at radius 1 is 1.21 bits per heavy atom. The van der Waals surface area contributed by atoms with E-state index in [1.807, 2.05) is 19.1 Å². The summed E-state index contributed by atoms with van der Waals surface area (Å²) in [5.41, 5.74) is 12.2. The number of hydrogen-bond donors (Lipinski definition) is 2. The van der Waals surface area contributed by atoms with Crippen LogP contribution in [0.5, 0.6) is 5.75 Å². The third-order valence-corrected chi connectivity index (χ3v) is 4.55. The van der Waals surface area contributed by atoms with Crippen LogP contribution >= 0.6 is 0 Å². The van der Waals surface area contributed by atoms with E-state index in [-0.39, 0.29) is 0 Å². The van der Waals surface area contributed by atoms with E-state index >= 15 is 0 Å². The van der Waals surface area contributed by atoms with Crippen LogP contribution in [0.15, 0.2) is 41.4 Å². The molecule has 0 unspecified atom stereocenters. The zero-order chi connectivity index (χ0) is 16.9. The molecule has 0 saturated heterocycles. The van der Waals surface area contributed by atoms with Gasteiger partial charge in [-0.3, -0.25) is 0 Å². The van der Waals surface area contributed by atoms with E-state index in [2.05, 4.69) is 34.6 Å². The summed E-state index contributed by atoms with van der Waals surface area (Å²) >= 11 is 0. The molecule has 0 spiro atoms. The molecule has 2 aromatic rings. The predicted octanol–water partition coefficient (Wildman–Crippen LogP) is 3.81. The Hall–Kier alpha value is -2.49. The maximum absolute atomic E-state index is 6.10. The Balaban J connectivity index is 1.70. The van der Waals surface area contributed by atoms with E-state index in [1.54, 1.807) is 7.11 Å². The van der Waals surface area contributed by atoms with Crippen LogP contribution in [-0.4, -0.2) is 13.1 Å². The van der Waals surface area contributed by atoms with Crippen molar-refractivity contribution >= 4 is 11.6 Å². The van der Waals surface area contributed by atoms with Gasteiger partial charge in [-0.1, -0.05) is 24.3 Å². The van der Waals surface area contributed by atoms with E-state index in [0.717, 1.165) is 35.4 Å². The molecule has 126 valence electrons. The molecule has 0 amide bonds. The number of nitrogens with one attached hydrogen (secondary N) is 1. The fourth-order valence-corrected chi connectivity index (χ4v) is 3.29. The van der Waals surface area contributed by atoms with E-state index < -0.39 is 0 Å². The maximum atomic E-state index is 6.10. The van der Waals surface area contributed by atoms with Gasteiger partial charge in [0, 0.05) is 5.69 Å². The molecule has 0 fully saturated rings. The number of nitrogens with two attached hydrogens (primary N) is 1. The summed E-state index contributed by atoms with van der Waals surface area (Å²) in [7, 11) is 1.68. The highest BCUT2D eigenvalue weighted by Gasteiger charge is 2.13. The number of rotatable bonds is 4. The van der Waals surface area contributed by atoms with Gasteiger partial charge in [0.25, 0.3) is 0 Å². The third-order valence-electron chi connectivity index (χ3n) is 4.55. The van der Waals surface area contributed by atoms with Gasteiger partial charge in [0.05, 0.1) is 13.7 Å². The largest absolute Gasteiger partial charge is 0.496 e. The molecule has 1 aliphatic rings. The number of fused-ring (bicyclic) bond motifs is 1. The number of aliphatic imine (C=N–C) groups is 1. The molecule has 0 bridgehead atoms. The number of hydrogen-bond acceptors (Lipinski definition) is 2. The van der Waals surface area contributed by atoms with Gasteiger partial charge in [0.1, 0.15) is 5.75 Å². The average Bonchev–Trinajstić information content (AvgIpc) is 2.60. The van der Waals surface area contributed by atoms with Crippen LogP contribution in [0.25, 0.3) is 0 Å². The quantitative estimate of drug-likeness (QED) is 0.664. The van der Waals surface area contributed by atoms with Crippen LogP contribution in [0.3, 0.4) is 0 Å². The first-order valence-corrected chi connectivity index (χ1v) is 8.48. The summed E-state index contributed by atoms with van der Waals surface area (Å²) < 4.78 is 5.28. The Labute approximate surface area is 143 Å². The van der Waals surface area contributed by atoms with E-state index in [0.29, 0.717) is 12.5 Å². The molecule has 0 aromatic heterocycles. The molecule has 4 heteroatoms.